The van der Waals surface area contributed by atoms with Gasteiger partial charge in [-0.1, -0.05) is 23.7 Å². The van der Waals surface area contributed by atoms with Crippen molar-refractivity contribution in [3.63, 3.8) is 0 Å². The van der Waals surface area contributed by atoms with Crippen molar-refractivity contribution in [3.05, 3.63) is 34.9 Å². The SMILES string of the molecule is Nc1nc(N2CCC(C(NS(=O)O)c3ccc(Cl)cc3)CC2)n[nH]1. The van der Waals surface area contributed by atoms with Crippen LogP contribution in [-0.4, -0.2) is 37.0 Å². The Balaban J connectivity index is 1.70. The van der Waals surface area contributed by atoms with E-state index in [4.69, 9.17) is 17.3 Å². The molecule has 0 bridgehead atoms. The Morgan fingerprint density at radius 3 is 2.58 bits per heavy atom. The topological polar surface area (TPSA) is 120 Å². The number of H-pyrrole nitrogens is 1. The molecule has 2 unspecified atom stereocenters. The van der Waals surface area contributed by atoms with Crippen molar-refractivity contribution in [3.8, 4) is 0 Å². The van der Waals surface area contributed by atoms with Crippen molar-refractivity contribution in [1.29, 1.82) is 0 Å². The Kier molecular flexibility index (Phi) is 5.34. The highest BCUT2D eigenvalue weighted by atomic mass is 35.5. The van der Waals surface area contributed by atoms with E-state index in [0.717, 1.165) is 31.5 Å². The molecule has 2 aromatic rings. The second-order valence-corrected chi connectivity index (χ2v) is 6.91. The van der Waals surface area contributed by atoms with Crippen LogP contribution in [0.3, 0.4) is 0 Å². The van der Waals surface area contributed by atoms with E-state index >= 15 is 0 Å². The van der Waals surface area contributed by atoms with E-state index in [0.29, 0.717) is 16.9 Å². The molecule has 1 aromatic carbocycles. The Hall–Kier alpha value is -1.68. The summed E-state index contributed by atoms with van der Waals surface area (Å²) in [5, 5.41) is 7.34. The molecular weight excluding hydrogens is 352 g/mol. The number of nitrogens with zero attached hydrogens (tertiary/aromatic N) is 3. The van der Waals surface area contributed by atoms with Gasteiger partial charge >= 0.3 is 0 Å². The van der Waals surface area contributed by atoms with Crippen molar-refractivity contribution in [2.45, 2.75) is 18.9 Å². The Labute approximate surface area is 147 Å². The van der Waals surface area contributed by atoms with E-state index in [2.05, 4.69) is 24.8 Å². The van der Waals surface area contributed by atoms with Crippen LogP contribution in [-0.2, 0) is 11.3 Å². The van der Waals surface area contributed by atoms with Crippen LogP contribution in [0, 0.1) is 5.92 Å². The van der Waals surface area contributed by atoms with Crippen LogP contribution in [0.25, 0.3) is 0 Å². The number of hydrogen-bond acceptors (Lipinski definition) is 5. The smallest absolute Gasteiger partial charge is 0.246 e. The standard InChI is InChI=1S/C14H19ClN6O2S/c15-11-3-1-9(2-4-11)12(20-24(22)23)10-5-7-21(8-6-10)14-17-13(16)18-19-14/h1-4,10,12,20H,5-8H2,(H,22,23)(H3,16,17,18,19). The Morgan fingerprint density at radius 2 is 2.04 bits per heavy atom. The lowest BCUT2D eigenvalue weighted by atomic mass is 9.86. The van der Waals surface area contributed by atoms with E-state index in [9.17, 15) is 8.76 Å². The number of halogens is 1. The quantitative estimate of drug-likeness (QED) is 0.595. The molecule has 0 saturated carbocycles. The van der Waals surface area contributed by atoms with Gasteiger partial charge in [-0.3, -0.25) is 4.55 Å². The Morgan fingerprint density at radius 1 is 1.38 bits per heavy atom. The van der Waals surface area contributed by atoms with Gasteiger partial charge in [0.15, 0.2) is 0 Å². The number of hydrogen-bond donors (Lipinski definition) is 4. The summed E-state index contributed by atoms with van der Waals surface area (Å²) in [6.45, 7) is 1.51. The van der Waals surface area contributed by atoms with E-state index in [1.807, 2.05) is 12.1 Å². The first-order valence-corrected chi connectivity index (χ1v) is 9.06. The summed E-state index contributed by atoms with van der Waals surface area (Å²) in [5.74, 6) is 1.10. The summed E-state index contributed by atoms with van der Waals surface area (Å²) in [6.07, 6.45) is 1.68. The summed E-state index contributed by atoms with van der Waals surface area (Å²) in [6, 6.07) is 7.13. The molecule has 1 aliphatic rings. The average molecular weight is 371 g/mol. The minimum Gasteiger partial charge on any atom is -0.368 e. The summed E-state index contributed by atoms with van der Waals surface area (Å²) >= 11 is 3.85. The molecule has 8 nitrogen and oxygen atoms in total. The minimum atomic E-state index is -2.09. The molecule has 1 fully saturated rings. The van der Waals surface area contributed by atoms with Crippen LogP contribution in [0.4, 0.5) is 11.9 Å². The van der Waals surface area contributed by atoms with Crippen LogP contribution in [0.2, 0.25) is 5.02 Å². The lowest BCUT2D eigenvalue weighted by Crippen LogP contribution is -2.40. The van der Waals surface area contributed by atoms with Gasteiger partial charge in [0.1, 0.15) is 0 Å². The molecule has 1 saturated heterocycles. The first-order valence-electron chi connectivity index (χ1n) is 7.58. The number of nitrogen functional groups attached to an aromatic ring is 1. The molecule has 130 valence electrons. The van der Waals surface area contributed by atoms with Crippen molar-refractivity contribution in [1.82, 2.24) is 19.9 Å². The second-order valence-electron chi connectivity index (χ2n) is 5.74. The van der Waals surface area contributed by atoms with Gasteiger partial charge in [-0.05, 0) is 36.5 Å². The summed E-state index contributed by atoms with van der Waals surface area (Å²) in [4.78, 5) is 6.19. The number of aromatic amines is 1. The van der Waals surface area contributed by atoms with Gasteiger partial charge < -0.3 is 10.6 Å². The van der Waals surface area contributed by atoms with E-state index < -0.39 is 11.3 Å². The molecular formula is C14H19ClN6O2S. The number of rotatable bonds is 5. The second kappa shape index (κ2) is 7.47. The predicted molar refractivity (Wildman–Crippen MR) is 93.8 cm³/mol. The maximum Gasteiger partial charge on any atom is 0.246 e. The number of anilines is 2. The maximum absolute atomic E-state index is 11.3. The lowest BCUT2D eigenvalue weighted by molar-refractivity contribution is 0.324. The number of nitrogens with two attached hydrogens (primary N) is 1. The zero-order valence-corrected chi connectivity index (χ0v) is 14.4. The molecule has 3 rings (SSSR count). The number of aromatic nitrogens is 3. The van der Waals surface area contributed by atoms with E-state index in [1.54, 1.807) is 12.1 Å². The lowest BCUT2D eigenvalue weighted by Gasteiger charge is -2.35. The highest BCUT2D eigenvalue weighted by molar-refractivity contribution is 7.77. The summed E-state index contributed by atoms with van der Waals surface area (Å²) < 4.78 is 23.3. The Bertz CT molecular complexity index is 702. The van der Waals surface area contributed by atoms with Gasteiger partial charge in [-0.2, -0.15) is 4.98 Å². The van der Waals surface area contributed by atoms with Gasteiger partial charge in [0.2, 0.25) is 23.2 Å². The van der Waals surface area contributed by atoms with Gasteiger partial charge in [-0.25, -0.2) is 14.0 Å². The van der Waals surface area contributed by atoms with Gasteiger partial charge in [0, 0.05) is 24.2 Å². The molecule has 0 aliphatic carbocycles. The molecule has 24 heavy (non-hydrogen) atoms. The molecule has 0 amide bonds. The fourth-order valence-electron chi connectivity index (χ4n) is 3.05. The molecule has 1 aliphatic heterocycles. The molecule has 2 heterocycles. The average Bonchev–Trinajstić information content (AvgIpc) is 3.00. The normalized spacial score (nSPS) is 18.5. The predicted octanol–water partition coefficient (Wildman–Crippen LogP) is 1.72. The molecule has 0 radical (unpaired) electrons. The van der Waals surface area contributed by atoms with Gasteiger partial charge in [-0.15, -0.1) is 5.10 Å². The highest BCUT2D eigenvalue weighted by Gasteiger charge is 2.29. The van der Waals surface area contributed by atoms with Crippen LogP contribution >= 0.6 is 11.6 Å². The summed E-state index contributed by atoms with van der Waals surface area (Å²) in [7, 11) is 0. The fraction of sp³-hybridized carbons (Fsp3) is 0.429. The van der Waals surface area contributed by atoms with Crippen molar-refractivity contribution in [2.75, 3.05) is 23.7 Å². The molecule has 5 N–H and O–H groups in total. The molecule has 1 aromatic heterocycles. The van der Waals surface area contributed by atoms with E-state index in [1.165, 1.54) is 0 Å². The zero-order valence-electron chi connectivity index (χ0n) is 12.9. The van der Waals surface area contributed by atoms with Gasteiger partial charge in [0.25, 0.3) is 0 Å². The number of nitrogens with one attached hydrogen (secondary N) is 2. The third-order valence-electron chi connectivity index (χ3n) is 4.24. The third kappa shape index (κ3) is 4.04. The van der Waals surface area contributed by atoms with Crippen molar-refractivity contribution >= 4 is 34.8 Å². The first kappa shape index (κ1) is 17.2. The van der Waals surface area contributed by atoms with E-state index in [-0.39, 0.29) is 12.0 Å². The maximum atomic E-state index is 11.3. The van der Waals surface area contributed by atoms with Crippen LogP contribution < -0.4 is 15.4 Å². The van der Waals surface area contributed by atoms with Crippen LogP contribution in [0.1, 0.15) is 24.4 Å². The summed E-state index contributed by atoms with van der Waals surface area (Å²) in [5.41, 5.74) is 6.51. The minimum absolute atomic E-state index is 0.215. The largest absolute Gasteiger partial charge is 0.368 e. The van der Waals surface area contributed by atoms with Crippen molar-refractivity contribution < 1.29 is 8.76 Å². The number of piperidine rings is 1. The third-order valence-corrected chi connectivity index (χ3v) is 4.95. The molecule has 2 atom stereocenters. The molecule has 10 heteroatoms. The van der Waals surface area contributed by atoms with Gasteiger partial charge in [0.05, 0.1) is 0 Å². The molecule has 0 spiro atoms. The van der Waals surface area contributed by atoms with Crippen molar-refractivity contribution in [2.24, 2.45) is 5.92 Å². The number of benzene rings is 1. The zero-order chi connectivity index (χ0) is 17.1. The van der Waals surface area contributed by atoms with Crippen LogP contribution in [0.5, 0.6) is 0 Å². The van der Waals surface area contributed by atoms with Crippen LogP contribution in [0.15, 0.2) is 24.3 Å². The highest BCUT2D eigenvalue weighted by Crippen LogP contribution is 2.32. The first-order chi connectivity index (χ1) is 11.5. The fourth-order valence-corrected chi connectivity index (χ4v) is 3.73. The monoisotopic (exact) mass is 370 g/mol.